The van der Waals surface area contributed by atoms with E-state index in [-0.39, 0.29) is 6.04 Å². The minimum absolute atomic E-state index is 0.257. The van der Waals surface area contributed by atoms with E-state index in [4.69, 9.17) is 0 Å². The Morgan fingerprint density at radius 1 is 1.33 bits per heavy atom. The highest BCUT2D eigenvalue weighted by Crippen LogP contribution is 2.13. The third-order valence-corrected chi connectivity index (χ3v) is 4.64. The molecule has 2 heterocycles. The summed E-state index contributed by atoms with van der Waals surface area (Å²) in [6, 6.07) is 3.36. The van der Waals surface area contributed by atoms with Crippen LogP contribution in [0, 0.1) is 0 Å². The Bertz CT molecular complexity index is 471. The second kappa shape index (κ2) is 5.75. The molecule has 0 saturated carbocycles. The van der Waals surface area contributed by atoms with Crippen molar-refractivity contribution in [3.05, 3.63) is 30.1 Å². The fourth-order valence-corrected chi connectivity index (χ4v) is 3.30. The fourth-order valence-electron chi connectivity index (χ4n) is 1.90. The van der Waals surface area contributed by atoms with Crippen molar-refractivity contribution in [1.29, 1.82) is 0 Å². The maximum Gasteiger partial charge on any atom is 0.280 e. The van der Waals surface area contributed by atoms with Gasteiger partial charge in [-0.15, -0.1) is 0 Å². The molecule has 7 heteroatoms. The molecule has 0 aliphatic carbocycles. The number of aromatic nitrogens is 1. The van der Waals surface area contributed by atoms with Gasteiger partial charge in [-0.2, -0.15) is 17.4 Å². The van der Waals surface area contributed by atoms with Crippen molar-refractivity contribution in [1.82, 2.24) is 19.3 Å². The molecule has 1 aromatic rings. The van der Waals surface area contributed by atoms with E-state index in [9.17, 15) is 8.42 Å². The Hall–Kier alpha value is -1.02. The minimum Gasteiger partial charge on any atom is -0.314 e. The minimum atomic E-state index is -3.41. The topological polar surface area (TPSA) is 74.3 Å². The number of hydrogen-bond acceptors (Lipinski definition) is 4. The van der Waals surface area contributed by atoms with E-state index in [2.05, 4.69) is 15.0 Å². The summed E-state index contributed by atoms with van der Waals surface area (Å²) in [5.41, 5.74) is 0.906. The van der Waals surface area contributed by atoms with E-state index in [0.29, 0.717) is 26.2 Å². The first-order valence-electron chi connectivity index (χ1n) is 5.97. The molecule has 100 valence electrons. The second-order valence-corrected chi connectivity index (χ2v) is 5.98. The van der Waals surface area contributed by atoms with E-state index >= 15 is 0 Å². The van der Waals surface area contributed by atoms with Crippen LogP contribution in [-0.4, -0.2) is 43.9 Å². The number of hydrogen-bond donors (Lipinski definition) is 2. The highest BCUT2D eigenvalue weighted by molar-refractivity contribution is 7.87. The van der Waals surface area contributed by atoms with E-state index in [1.165, 1.54) is 4.31 Å². The standard InChI is InChI=1S/C11H18N4O2S/c1-10(11-2-4-12-5-3-11)14-18(16,17)15-8-6-13-7-9-15/h2-5,10,13-14H,6-9H2,1H3. The first kappa shape index (κ1) is 13.4. The summed E-state index contributed by atoms with van der Waals surface area (Å²) in [6.45, 7) is 4.25. The lowest BCUT2D eigenvalue weighted by atomic mass is 10.1. The lowest BCUT2D eigenvalue weighted by Gasteiger charge is -2.28. The summed E-state index contributed by atoms with van der Waals surface area (Å²) in [5.74, 6) is 0. The van der Waals surface area contributed by atoms with Crippen molar-refractivity contribution >= 4 is 10.2 Å². The number of pyridine rings is 1. The summed E-state index contributed by atoms with van der Waals surface area (Å²) in [7, 11) is -3.41. The molecule has 0 bridgehead atoms. The maximum atomic E-state index is 12.1. The molecule has 1 aliphatic rings. The first-order chi connectivity index (χ1) is 8.59. The van der Waals surface area contributed by atoms with Crippen molar-refractivity contribution < 1.29 is 8.42 Å². The molecule has 0 aromatic carbocycles. The SMILES string of the molecule is CC(NS(=O)(=O)N1CCNCC1)c1ccncc1. The molecule has 0 radical (unpaired) electrons. The molecule has 1 fully saturated rings. The summed E-state index contributed by atoms with van der Waals surface area (Å²) in [6.07, 6.45) is 3.32. The monoisotopic (exact) mass is 270 g/mol. The van der Waals surface area contributed by atoms with Crippen LogP contribution >= 0.6 is 0 Å². The van der Waals surface area contributed by atoms with Crippen LogP contribution in [0.25, 0.3) is 0 Å². The van der Waals surface area contributed by atoms with Gasteiger partial charge in [-0.1, -0.05) is 0 Å². The van der Waals surface area contributed by atoms with Gasteiger partial charge in [-0.3, -0.25) is 4.98 Å². The average molecular weight is 270 g/mol. The van der Waals surface area contributed by atoms with Gasteiger partial charge in [-0.05, 0) is 24.6 Å². The van der Waals surface area contributed by atoms with Gasteiger partial charge in [0.15, 0.2) is 0 Å². The average Bonchev–Trinajstić information content (AvgIpc) is 2.40. The normalized spacial score (nSPS) is 19.6. The summed E-state index contributed by atoms with van der Waals surface area (Å²) >= 11 is 0. The molecule has 2 N–H and O–H groups in total. The number of piperazine rings is 1. The van der Waals surface area contributed by atoms with Crippen molar-refractivity contribution in [2.75, 3.05) is 26.2 Å². The van der Waals surface area contributed by atoms with Crippen molar-refractivity contribution in [3.63, 3.8) is 0 Å². The van der Waals surface area contributed by atoms with Gasteiger partial charge in [-0.25, -0.2) is 0 Å². The quantitative estimate of drug-likeness (QED) is 0.800. The Labute approximate surface area is 108 Å². The van der Waals surface area contributed by atoms with Crippen LogP contribution in [0.3, 0.4) is 0 Å². The van der Waals surface area contributed by atoms with Crippen LogP contribution in [0.4, 0.5) is 0 Å². The molecule has 1 unspecified atom stereocenters. The zero-order chi connectivity index (χ0) is 13.0. The maximum absolute atomic E-state index is 12.1. The van der Waals surface area contributed by atoms with Crippen molar-refractivity contribution in [2.24, 2.45) is 0 Å². The molecule has 2 rings (SSSR count). The molecular weight excluding hydrogens is 252 g/mol. The Kier molecular flexibility index (Phi) is 4.28. The molecule has 0 spiro atoms. The lowest BCUT2D eigenvalue weighted by molar-refractivity contribution is 0.352. The molecule has 1 aromatic heterocycles. The third-order valence-electron chi connectivity index (χ3n) is 2.95. The highest BCUT2D eigenvalue weighted by atomic mass is 32.2. The number of nitrogens with one attached hydrogen (secondary N) is 2. The predicted molar refractivity (Wildman–Crippen MR) is 69.2 cm³/mol. The number of rotatable bonds is 4. The number of nitrogens with zero attached hydrogens (tertiary/aromatic N) is 2. The summed E-state index contributed by atoms with van der Waals surface area (Å²) < 4.78 is 28.4. The van der Waals surface area contributed by atoms with Gasteiger partial charge in [0.25, 0.3) is 10.2 Å². The van der Waals surface area contributed by atoms with Crippen LogP contribution in [0.15, 0.2) is 24.5 Å². The Balaban J connectivity index is 2.03. The fraction of sp³-hybridized carbons (Fsp3) is 0.545. The largest absolute Gasteiger partial charge is 0.314 e. The summed E-state index contributed by atoms with van der Waals surface area (Å²) in [5, 5.41) is 3.13. The third kappa shape index (κ3) is 3.26. The zero-order valence-corrected chi connectivity index (χ0v) is 11.2. The molecule has 18 heavy (non-hydrogen) atoms. The van der Waals surface area contributed by atoms with E-state index in [0.717, 1.165) is 5.56 Å². The highest BCUT2D eigenvalue weighted by Gasteiger charge is 2.25. The second-order valence-electron chi connectivity index (χ2n) is 4.27. The van der Waals surface area contributed by atoms with Gasteiger partial charge in [0.2, 0.25) is 0 Å². The molecule has 1 atom stereocenters. The smallest absolute Gasteiger partial charge is 0.280 e. The van der Waals surface area contributed by atoms with Gasteiger partial charge in [0.05, 0.1) is 0 Å². The van der Waals surface area contributed by atoms with Gasteiger partial charge >= 0.3 is 0 Å². The van der Waals surface area contributed by atoms with Crippen LogP contribution in [0.5, 0.6) is 0 Å². The van der Waals surface area contributed by atoms with Gasteiger partial charge in [0.1, 0.15) is 0 Å². The Morgan fingerprint density at radius 2 is 1.94 bits per heavy atom. The molecule has 0 amide bonds. The van der Waals surface area contributed by atoms with Crippen molar-refractivity contribution in [3.8, 4) is 0 Å². The van der Waals surface area contributed by atoms with Crippen molar-refractivity contribution in [2.45, 2.75) is 13.0 Å². The molecule has 6 nitrogen and oxygen atoms in total. The van der Waals surface area contributed by atoms with Crippen LogP contribution in [0.1, 0.15) is 18.5 Å². The van der Waals surface area contributed by atoms with Crippen LogP contribution < -0.4 is 10.0 Å². The predicted octanol–water partition coefficient (Wildman–Crippen LogP) is -0.118. The van der Waals surface area contributed by atoms with Gasteiger partial charge < -0.3 is 5.32 Å². The lowest BCUT2D eigenvalue weighted by Crippen LogP contribution is -2.50. The van der Waals surface area contributed by atoms with E-state index in [1.807, 2.05) is 19.1 Å². The molecular formula is C11H18N4O2S. The van der Waals surface area contributed by atoms with Crippen LogP contribution in [-0.2, 0) is 10.2 Å². The summed E-state index contributed by atoms with van der Waals surface area (Å²) in [4.78, 5) is 3.92. The molecule has 1 saturated heterocycles. The Morgan fingerprint density at radius 3 is 2.56 bits per heavy atom. The van der Waals surface area contributed by atoms with E-state index < -0.39 is 10.2 Å². The van der Waals surface area contributed by atoms with Gasteiger partial charge in [0, 0.05) is 44.6 Å². The van der Waals surface area contributed by atoms with Crippen LogP contribution in [0.2, 0.25) is 0 Å². The van der Waals surface area contributed by atoms with E-state index in [1.54, 1.807) is 12.4 Å². The first-order valence-corrected chi connectivity index (χ1v) is 7.41. The zero-order valence-electron chi connectivity index (χ0n) is 10.3. The molecule has 1 aliphatic heterocycles.